The molecule has 3 nitrogen and oxygen atoms in total. The number of carbonyl (C=O) groups is 1. The van der Waals surface area contributed by atoms with Crippen molar-refractivity contribution in [3.8, 4) is 0 Å². The van der Waals surface area contributed by atoms with Crippen molar-refractivity contribution in [3.05, 3.63) is 28.8 Å². The van der Waals surface area contributed by atoms with Gasteiger partial charge in [-0.1, -0.05) is 17.7 Å². The standard InChI is InChI=1S/C12H17ClN2O.ClH/c1-8-4-5-10(9(13)6-8)15-11(16)12(2,3)7-14;/h4-6H,7,14H2,1-3H3,(H,15,16);1H. The first kappa shape index (κ1) is 16.2. The maximum atomic E-state index is 11.9. The molecule has 0 aromatic heterocycles. The van der Waals surface area contributed by atoms with E-state index in [1.807, 2.05) is 19.1 Å². The van der Waals surface area contributed by atoms with Gasteiger partial charge in [-0.3, -0.25) is 4.79 Å². The number of aryl methyl sites for hydroxylation is 1. The van der Waals surface area contributed by atoms with Crippen molar-refractivity contribution in [3.63, 3.8) is 0 Å². The summed E-state index contributed by atoms with van der Waals surface area (Å²) in [6, 6.07) is 5.51. The van der Waals surface area contributed by atoms with Gasteiger partial charge in [0.2, 0.25) is 5.91 Å². The van der Waals surface area contributed by atoms with Gasteiger partial charge in [0.15, 0.2) is 0 Å². The van der Waals surface area contributed by atoms with E-state index in [-0.39, 0.29) is 18.3 Å². The van der Waals surface area contributed by atoms with Crippen LogP contribution in [0.5, 0.6) is 0 Å². The molecule has 0 heterocycles. The molecule has 1 amide bonds. The van der Waals surface area contributed by atoms with Crippen LogP contribution in [-0.4, -0.2) is 12.5 Å². The quantitative estimate of drug-likeness (QED) is 0.892. The second kappa shape index (κ2) is 6.24. The van der Waals surface area contributed by atoms with Crippen LogP contribution < -0.4 is 11.1 Å². The molecule has 3 N–H and O–H groups in total. The van der Waals surface area contributed by atoms with Crippen LogP contribution in [0.25, 0.3) is 0 Å². The number of anilines is 1. The Morgan fingerprint density at radius 1 is 1.47 bits per heavy atom. The molecular weight excluding hydrogens is 259 g/mol. The number of nitrogens with one attached hydrogen (secondary N) is 1. The number of carbonyl (C=O) groups excluding carboxylic acids is 1. The SMILES string of the molecule is Cc1ccc(NC(=O)C(C)(C)CN)c(Cl)c1.Cl. The van der Waals surface area contributed by atoms with Gasteiger partial charge in [-0.15, -0.1) is 12.4 Å². The molecule has 0 aliphatic heterocycles. The smallest absolute Gasteiger partial charge is 0.231 e. The van der Waals surface area contributed by atoms with Crippen LogP contribution >= 0.6 is 24.0 Å². The Bertz CT molecular complexity index is 405. The molecular formula is C12H18Cl2N2O. The Kier molecular flexibility index (Phi) is 5.96. The molecule has 17 heavy (non-hydrogen) atoms. The Morgan fingerprint density at radius 3 is 2.53 bits per heavy atom. The third-order valence-electron chi connectivity index (χ3n) is 2.50. The highest BCUT2D eigenvalue weighted by Crippen LogP contribution is 2.25. The molecule has 0 saturated carbocycles. The average molecular weight is 277 g/mol. The fraction of sp³-hybridized carbons (Fsp3) is 0.417. The molecule has 0 aliphatic rings. The molecule has 0 saturated heterocycles. The van der Waals surface area contributed by atoms with Crippen LogP contribution in [0.4, 0.5) is 5.69 Å². The Balaban J connectivity index is 0.00000256. The van der Waals surface area contributed by atoms with E-state index in [9.17, 15) is 4.79 Å². The third kappa shape index (κ3) is 4.19. The number of hydrogen-bond acceptors (Lipinski definition) is 2. The maximum Gasteiger partial charge on any atom is 0.231 e. The van der Waals surface area contributed by atoms with E-state index in [0.29, 0.717) is 17.3 Å². The van der Waals surface area contributed by atoms with Crippen molar-refractivity contribution in [1.82, 2.24) is 0 Å². The summed E-state index contributed by atoms with van der Waals surface area (Å²) in [6.07, 6.45) is 0. The molecule has 0 bridgehead atoms. The van der Waals surface area contributed by atoms with E-state index < -0.39 is 5.41 Å². The van der Waals surface area contributed by atoms with E-state index in [1.54, 1.807) is 19.9 Å². The lowest BCUT2D eigenvalue weighted by Crippen LogP contribution is -2.37. The topological polar surface area (TPSA) is 55.1 Å². The fourth-order valence-electron chi connectivity index (χ4n) is 1.11. The minimum atomic E-state index is -0.589. The Hall–Kier alpha value is -0.770. The minimum absolute atomic E-state index is 0. The molecule has 0 aliphatic carbocycles. The lowest BCUT2D eigenvalue weighted by atomic mass is 9.92. The van der Waals surface area contributed by atoms with Crippen LogP contribution in [0.2, 0.25) is 5.02 Å². The first-order valence-corrected chi connectivity index (χ1v) is 5.52. The van der Waals surface area contributed by atoms with E-state index in [0.717, 1.165) is 5.56 Å². The predicted octanol–water partition coefficient (Wildman–Crippen LogP) is 2.99. The van der Waals surface area contributed by atoms with Gasteiger partial charge < -0.3 is 11.1 Å². The molecule has 1 aromatic carbocycles. The second-order valence-corrected chi connectivity index (χ2v) is 4.93. The van der Waals surface area contributed by atoms with Gasteiger partial charge in [-0.25, -0.2) is 0 Å². The van der Waals surface area contributed by atoms with Gasteiger partial charge in [0.1, 0.15) is 0 Å². The zero-order valence-corrected chi connectivity index (χ0v) is 11.8. The van der Waals surface area contributed by atoms with Gasteiger partial charge in [-0.2, -0.15) is 0 Å². The summed E-state index contributed by atoms with van der Waals surface area (Å²) >= 11 is 6.02. The van der Waals surface area contributed by atoms with Gasteiger partial charge >= 0.3 is 0 Å². The predicted molar refractivity (Wildman–Crippen MR) is 74.9 cm³/mol. The molecule has 1 aromatic rings. The summed E-state index contributed by atoms with van der Waals surface area (Å²) in [6.45, 7) is 5.83. The van der Waals surface area contributed by atoms with Crippen molar-refractivity contribution < 1.29 is 4.79 Å². The van der Waals surface area contributed by atoms with Gasteiger partial charge in [0.05, 0.1) is 16.1 Å². The van der Waals surface area contributed by atoms with Crippen molar-refractivity contribution >= 4 is 35.6 Å². The van der Waals surface area contributed by atoms with Gasteiger partial charge in [-0.05, 0) is 38.5 Å². The van der Waals surface area contributed by atoms with Crippen molar-refractivity contribution in [2.75, 3.05) is 11.9 Å². The van der Waals surface area contributed by atoms with Gasteiger partial charge in [0.25, 0.3) is 0 Å². The maximum absolute atomic E-state index is 11.9. The minimum Gasteiger partial charge on any atom is -0.329 e. The molecule has 0 fully saturated rings. The zero-order chi connectivity index (χ0) is 12.3. The summed E-state index contributed by atoms with van der Waals surface area (Å²) in [7, 11) is 0. The van der Waals surface area contributed by atoms with Crippen LogP contribution in [0.15, 0.2) is 18.2 Å². The molecule has 5 heteroatoms. The number of amides is 1. The van der Waals surface area contributed by atoms with Crippen LogP contribution in [0.1, 0.15) is 19.4 Å². The molecule has 0 atom stereocenters. The van der Waals surface area contributed by atoms with Gasteiger partial charge in [0, 0.05) is 6.54 Å². The summed E-state index contributed by atoms with van der Waals surface area (Å²) in [5.74, 6) is -0.124. The first-order chi connectivity index (χ1) is 7.36. The number of rotatable bonds is 3. The largest absolute Gasteiger partial charge is 0.329 e. The summed E-state index contributed by atoms with van der Waals surface area (Å²) in [4.78, 5) is 11.9. The third-order valence-corrected chi connectivity index (χ3v) is 2.81. The fourth-order valence-corrected chi connectivity index (χ4v) is 1.39. The second-order valence-electron chi connectivity index (χ2n) is 4.53. The van der Waals surface area contributed by atoms with E-state index in [1.165, 1.54) is 0 Å². The van der Waals surface area contributed by atoms with Crippen LogP contribution in [0, 0.1) is 12.3 Å². The molecule has 0 unspecified atom stereocenters. The lowest BCUT2D eigenvalue weighted by molar-refractivity contribution is -0.123. The number of nitrogens with two attached hydrogens (primary N) is 1. The van der Waals surface area contributed by atoms with Crippen molar-refractivity contribution in [1.29, 1.82) is 0 Å². The lowest BCUT2D eigenvalue weighted by Gasteiger charge is -2.21. The number of benzene rings is 1. The van der Waals surface area contributed by atoms with E-state index >= 15 is 0 Å². The van der Waals surface area contributed by atoms with Crippen LogP contribution in [0.3, 0.4) is 0 Å². The van der Waals surface area contributed by atoms with E-state index in [4.69, 9.17) is 17.3 Å². The first-order valence-electron chi connectivity index (χ1n) is 5.14. The molecule has 1 rings (SSSR count). The zero-order valence-electron chi connectivity index (χ0n) is 10.2. The molecule has 0 spiro atoms. The number of halogens is 2. The van der Waals surface area contributed by atoms with E-state index in [2.05, 4.69) is 5.32 Å². The Morgan fingerprint density at radius 2 is 2.06 bits per heavy atom. The highest BCUT2D eigenvalue weighted by Gasteiger charge is 2.26. The number of hydrogen-bond donors (Lipinski definition) is 2. The summed E-state index contributed by atoms with van der Waals surface area (Å²) in [5.41, 5.74) is 6.62. The molecule has 96 valence electrons. The van der Waals surface area contributed by atoms with Crippen molar-refractivity contribution in [2.45, 2.75) is 20.8 Å². The van der Waals surface area contributed by atoms with Crippen molar-refractivity contribution in [2.24, 2.45) is 11.1 Å². The highest BCUT2D eigenvalue weighted by molar-refractivity contribution is 6.33. The average Bonchev–Trinajstić information content (AvgIpc) is 2.22. The van der Waals surface area contributed by atoms with Crippen LogP contribution in [-0.2, 0) is 4.79 Å². The summed E-state index contributed by atoms with van der Waals surface area (Å²) < 4.78 is 0. The monoisotopic (exact) mass is 276 g/mol. The molecule has 0 radical (unpaired) electrons. The highest BCUT2D eigenvalue weighted by atomic mass is 35.5. The normalized spacial score (nSPS) is 10.6. The Labute approximate surface area is 113 Å². The summed E-state index contributed by atoms with van der Waals surface area (Å²) in [5, 5.41) is 3.32.